The first kappa shape index (κ1) is 30.3. The first-order chi connectivity index (χ1) is 20.9. The number of H-pyrrole nitrogens is 1. The van der Waals surface area contributed by atoms with Crippen LogP contribution in [0, 0.1) is 0 Å². The van der Waals surface area contributed by atoms with Crippen LogP contribution in [0.2, 0.25) is 0 Å². The van der Waals surface area contributed by atoms with Crippen LogP contribution >= 0.6 is 0 Å². The molecule has 1 saturated carbocycles. The maximum Gasteiger partial charge on any atom is 0.333 e. The Morgan fingerprint density at radius 2 is 1.63 bits per heavy atom. The molecule has 0 bridgehead atoms. The predicted molar refractivity (Wildman–Crippen MR) is 160 cm³/mol. The molecule has 1 aliphatic heterocycles. The Morgan fingerprint density at radius 1 is 0.930 bits per heavy atom. The molecule has 1 aromatic heterocycles. The first-order valence-corrected chi connectivity index (χ1v) is 15.3. The minimum Gasteiger partial charge on any atom is -0.461 e. The monoisotopic (exact) mass is 588 g/mol. The number of nitrogens with one attached hydrogen (secondary N) is 3. The second-order valence-electron chi connectivity index (χ2n) is 11.5. The number of para-hydroxylation sites is 1. The van der Waals surface area contributed by atoms with E-state index in [9.17, 15) is 19.2 Å². The molecule has 0 unspecified atom stereocenters. The molecule has 2 atom stereocenters. The van der Waals surface area contributed by atoms with Crippen LogP contribution in [-0.2, 0) is 36.9 Å². The van der Waals surface area contributed by atoms with Gasteiger partial charge in [-0.1, -0.05) is 61.4 Å². The van der Waals surface area contributed by atoms with Crippen molar-refractivity contribution in [1.29, 1.82) is 0 Å². The van der Waals surface area contributed by atoms with E-state index in [-0.39, 0.29) is 31.4 Å². The first-order valence-electron chi connectivity index (χ1n) is 15.3. The summed E-state index contributed by atoms with van der Waals surface area (Å²) in [6.07, 6.45) is 7.08. The van der Waals surface area contributed by atoms with E-state index in [1.54, 1.807) is 22.5 Å². The third-order valence-electron chi connectivity index (χ3n) is 8.54. The van der Waals surface area contributed by atoms with Gasteiger partial charge in [-0.15, -0.1) is 0 Å². The van der Waals surface area contributed by atoms with E-state index < -0.39 is 29.9 Å². The van der Waals surface area contributed by atoms with Crippen molar-refractivity contribution in [3.63, 3.8) is 0 Å². The molecule has 0 spiro atoms. The largest absolute Gasteiger partial charge is 0.461 e. The average molecular weight is 589 g/mol. The summed E-state index contributed by atoms with van der Waals surface area (Å²) in [7, 11) is 0. The van der Waals surface area contributed by atoms with Crippen molar-refractivity contribution < 1.29 is 29.1 Å². The van der Waals surface area contributed by atoms with Gasteiger partial charge in [-0.25, -0.2) is 10.3 Å². The maximum absolute atomic E-state index is 14.0. The van der Waals surface area contributed by atoms with Crippen molar-refractivity contribution in [3.8, 4) is 0 Å². The fourth-order valence-electron chi connectivity index (χ4n) is 6.22. The van der Waals surface area contributed by atoms with Gasteiger partial charge in [-0.3, -0.25) is 19.6 Å². The third-order valence-corrected chi connectivity index (χ3v) is 8.54. The van der Waals surface area contributed by atoms with Crippen molar-refractivity contribution in [2.24, 2.45) is 0 Å². The predicted octanol–water partition coefficient (Wildman–Crippen LogP) is 4.61. The van der Waals surface area contributed by atoms with Crippen LogP contribution in [-0.4, -0.2) is 50.9 Å². The fourth-order valence-corrected chi connectivity index (χ4v) is 6.22. The highest BCUT2D eigenvalue weighted by atomic mass is 16.5. The van der Waals surface area contributed by atoms with Gasteiger partial charge < -0.3 is 19.9 Å². The lowest BCUT2D eigenvalue weighted by molar-refractivity contribution is -0.154. The zero-order chi connectivity index (χ0) is 30.2. The number of hydrogen-bond acceptors (Lipinski definition) is 6. The highest BCUT2D eigenvalue weighted by molar-refractivity contribution is 5.93. The van der Waals surface area contributed by atoms with Crippen molar-refractivity contribution in [3.05, 3.63) is 71.4 Å². The van der Waals surface area contributed by atoms with Crippen LogP contribution in [0.1, 0.15) is 87.1 Å². The van der Waals surface area contributed by atoms with Gasteiger partial charge in [0, 0.05) is 35.9 Å². The van der Waals surface area contributed by atoms with Gasteiger partial charge in [0.15, 0.2) is 6.04 Å². The summed E-state index contributed by atoms with van der Waals surface area (Å²) >= 11 is 0. The van der Waals surface area contributed by atoms with Gasteiger partial charge in [0.2, 0.25) is 17.7 Å². The minimum atomic E-state index is -0.980. The number of unbranched alkanes of at least 4 members (excludes halogenated alkanes) is 3. The number of ether oxygens (including phenoxy) is 1. The molecule has 5 rings (SSSR count). The zero-order valence-corrected chi connectivity index (χ0v) is 24.3. The Hall–Kier alpha value is -4.18. The number of carbonyl (C=O) groups excluding carboxylic acids is 4. The van der Waals surface area contributed by atoms with Gasteiger partial charge in [0.25, 0.3) is 0 Å². The molecule has 2 heterocycles. The van der Waals surface area contributed by atoms with Crippen LogP contribution in [0.4, 0.5) is 0 Å². The molecule has 0 saturated heterocycles. The molecule has 1 fully saturated rings. The van der Waals surface area contributed by atoms with E-state index in [2.05, 4.69) is 10.3 Å². The zero-order valence-electron chi connectivity index (χ0n) is 24.3. The topological polar surface area (TPSA) is 141 Å². The number of aromatic amines is 1. The Kier molecular flexibility index (Phi) is 10.1. The van der Waals surface area contributed by atoms with Crippen LogP contribution in [0.5, 0.6) is 0 Å². The smallest absolute Gasteiger partial charge is 0.333 e. The summed E-state index contributed by atoms with van der Waals surface area (Å²) < 4.78 is 5.82. The van der Waals surface area contributed by atoms with E-state index in [0.29, 0.717) is 24.8 Å². The molecular formula is C33H40N4O6. The van der Waals surface area contributed by atoms with Gasteiger partial charge in [-0.2, -0.15) is 0 Å². The molecule has 3 aromatic rings. The van der Waals surface area contributed by atoms with E-state index in [0.717, 1.165) is 60.7 Å². The van der Waals surface area contributed by atoms with Gasteiger partial charge in [0.05, 0.1) is 6.54 Å². The molecule has 0 radical (unpaired) electrons. The summed E-state index contributed by atoms with van der Waals surface area (Å²) in [5.74, 6) is -1.44. The summed E-state index contributed by atoms with van der Waals surface area (Å²) in [6, 6.07) is 15.2. The van der Waals surface area contributed by atoms with Gasteiger partial charge >= 0.3 is 5.97 Å². The quantitative estimate of drug-likeness (QED) is 0.105. The van der Waals surface area contributed by atoms with E-state index in [1.165, 1.54) is 0 Å². The number of carbonyl (C=O) groups is 4. The summed E-state index contributed by atoms with van der Waals surface area (Å²) in [4.78, 5) is 57.3. The number of aromatic nitrogens is 1. The normalized spacial score (nSPS) is 17.3. The van der Waals surface area contributed by atoms with Crippen LogP contribution in [0.25, 0.3) is 10.9 Å². The molecule has 4 N–H and O–H groups in total. The number of benzene rings is 2. The van der Waals surface area contributed by atoms with Crippen molar-refractivity contribution in [1.82, 2.24) is 20.7 Å². The lowest BCUT2D eigenvalue weighted by Crippen LogP contribution is -2.53. The highest BCUT2D eigenvalue weighted by Crippen LogP contribution is 2.32. The standard InChI is InChI=1S/C33H40N4O6/c38-29(36-42)18-6-1-2-7-19-30(39)37-21-27-25(24-16-10-11-17-26(24)34-27)20-28(37)32(40)35-31(22-12-4-3-5-13-22)33(41)43-23-14-8-9-15-23/h3-5,10-13,16-17,23,28,31,34,42H,1-2,6-9,14-15,18-21H2,(H,35,40)(H,36,38)/t28-,31+/m1/s1. The Balaban J connectivity index is 1.33. The average Bonchev–Trinajstić information content (AvgIpc) is 3.68. The summed E-state index contributed by atoms with van der Waals surface area (Å²) in [5.41, 5.74) is 5.13. The summed E-state index contributed by atoms with van der Waals surface area (Å²) in [6.45, 7) is 0.264. The number of esters is 1. The second-order valence-corrected chi connectivity index (χ2v) is 11.5. The lowest BCUT2D eigenvalue weighted by Gasteiger charge is -2.36. The van der Waals surface area contributed by atoms with Crippen LogP contribution in [0.3, 0.4) is 0 Å². The number of amides is 3. The molecule has 10 nitrogen and oxygen atoms in total. The molecule has 1 aliphatic carbocycles. The van der Waals surface area contributed by atoms with Gasteiger partial charge in [0.1, 0.15) is 12.1 Å². The highest BCUT2D eigenvalue weighted by Gasteiger charge is 2.38. The molecule has 10 heteroatoms. The Bertz CT molecular complexity index is 1430. The van der Waals surface area contributed by atoms with Crippen LogP contribution in [0.15, 0.2) is 54.6 Å². The molecule has 228 valence electrons. The van der Waals surface area contributed by atoms with Crippen molar-refractivity contribution in [2.75, 3.05) is 0 Å². The molecule has 2 aliphatic rings. The number of rotatable bonds is 12. The lowest BCUT2D eigenvalue weighted by atomic mass is 9.94. The summed E-state index contributed by atoms with van der Waals surface area (Å²) in [5, 5.41) is 12.6. The van der Waals surface area contributed by atoms with E-state index >= 15 is 0 Å². The van der Waals surface area contributed by atoms with Gasteiger partial charge in [-0.05, 0) is 55.7 Å². The van der Waals surface area contributed by atoms with Crippen molar-refractivity contribution >= 4 is 34.6 Å². The number of hydroxylamine groups is 1. The van der Waals surface area contributed by atoms with E-state index in [1.807, 2.05) is 42.5 Å². The fraction of sp³-hybridized carbons (Fsp3) is 0.455. The van der Waals surface area contributed by atoms with E-state index in [4.69, 9.17) is 9.94 Å². The minimum absolute atomic E-state index is 0.137. The second kappa shape index (κ2) is 14.3. The van der Waals surface area contributed by atoms with Crippen LogP contribution < -0.4 is 10.8 Å². The Morgan fingerprint density at radius 3 is 2.37 bits per heavy atom. The molecular weight excluding hydrogens is 548 g/mol. The van der Waals surface area contributed by atoms with Crippen molar-refractivity contribution in [2.45, 2.75) is 95.4 Å². The molecule has 2 aromatic carbocycles. The maximum atomic E-state index is 14.0. The number of nitrogens with zero attached hydrogens (tertiary/aromatic N) is 1. The third kappa shape index (κ3) is 7.43. The number of hydrogen-bond donors (Lipinski definition) is 4. The Labute approximate surface area is 251 Å². The molecule has 3 amide bonds. The SMILES string of the molecule is O=C(CCCCCCC(=O)N1Cc2[nH]c3ccccc3c2C[C@@H]1C(=O)N[C@H](C(=O)OC1CCCC1)c1ccccc1)NO. The number of fused-ring (bicyclic) bond motifs is 3. The molecule has 43 heavy (non-hydrogen) atoms.